The van der Waals surface area contributed by atoms with Crippen molar-refractivity contribution in [3.63, 3.8) is 0 Å². The number of allylic oxidation sites excluding steroid dienone is 1. The number of ketones is 1. The van der Waals surface area contributed by atoms with Crippen LogP contribution in [-0.2, 0) is 19.7 Å². The molecule has 1 aromatic heterocycles. The third-order valence-corrected chi connectivity index (χ3v) is 7.04. The Kier molecular flexibility index (Phi) is 4.57. The number of ether oxygens (including phenoxy) is 2. The van der Waals surface area contributed by atoms with Crippen LogP contribution in [0.1, 0.15) is 34.1 Å². The van der Waals surface area contributed by atoms with Gasteiger partial charge in [-0.3, -0.25) is 4.79 Å². The largest absolute Gasteiger partial charge is 0.462 e. The molecule has 176 valence electrons. The predicted molar refractivity (Wildman–Crippen MR) is 134 cm³/mol. The summed E-state index contributed by atoms with van der Waals surface area (Å²) in [6.07, 6.45) is 0. The molecule has 7 nitrogen and oxygen atoms in total. The van der Waals surface area contributed by atoms with Gasteiger partial charge in [-0.2, -0.15) is 5.26 Å². The number of fused-ring (bicyclic) bond motifs is 2. The summed E-state index contributed by atoms with van der Waals surface area (Å²) in [4.78, 5) is 31.1. The number of aromatic amines is 1. The number of nitrogens with one attached hydrogen (secondary N) is 1. The summed E-state index contributed by atoms with van der Waals surface area (Å²) in [5.74, 6) is -1.31. The van der Waals surface area contributed by atoms with Crippen LogP contribution >= 0.6 is 0 Å². The molecule has 0 bridgehead atoms. The minimum Gasteiger partial charge on any atom is -0.462 e. The highest BCUT2D eigenvalue weighted by molar-refractivity contribution is 6.27. The van der Waals surface area contributed by atoms with Gasteiger partial charge >= 0.3 is 5.97 Å². The van der Waals surface area contributed by atoms with E-state index in [1.165, 1.54) is 0 Å². The fourth-order valence-corrected chi connectivity index (χ4v) is 5.69. The van der Waals surface area contributed by atoms with Gasteiger partial charge in [-0.15, -0.1) is 0 Å². The zero-order valence-electron chi connectivity index (χ0n) is 19.6. The number of para-hydroxylation sites is 1. The molecule has 2 aliphatic rings. The lowest BCUT2D eigenvalue weighted by Crippen LogP contribution is -2.44. The smallest absolute Gasteiger partial charge is 0.341 e. The molecule has 7 heteroatoms. The lowest BCUT2D eigenvalue weighted by Gasteiger charge is -2.35. The zero-order chi connectivity index (χ0) is 25.2. The highest BCUT2D eigenvalue weighted by atomic mass is 16.5. The van der Waals surface area contributed by atoms with Gasteiger partial charge in [0.25, 0.3) is 0 Å². The summed E-state index contributed by atoms with van der Waals surface area (Å²) in [6, 6.07) is 20.7. The van der Waals surface area contributed by atoms with Gasteiger partial charge in [-0.25, -0.2) is 4.79 Å². The first-order valence-electron chi connectivity index (χ1n) is 11.6. The molecule has 1 aliphatic carbocycles. The van der Waals surface area contributed by atoms with Crippen LogP contribution in [0.4, 0.5) is 0 Å². The molecule has 0 amide bonds. The molecule has 1 aliphatic heterocycles. The molecular weight excluding hydrogens is 454 g/mol. The molecule has 3 N–H and O–H groups in total. The van der Waals surface area contributed by atoms with Crippen LogP contribution in [0.15, 0.2) is 77.7 Å². The molecular formula is C29H21N3O4. The minimum absolute atomic E-state index is 0.00121. The number of H-pyrrole nitrogens is 1. The van der Waals surface area contributed by atoms with Crippen molar-refractivity contribution in [1.29, 1.82) is 5.26 Å². The Morgan fingerprint density at radius 3 is 2.64 bits per heavy atom. The van der Waals surface area contributed by atoms with E-state index >= 15 is 0 Å². The third-order valence-electron chi connectivity index (χ3n) is 7.04. The maximum atomic E-state index is 14.4. The fraction of sp³-hybridized carbons (Fsp3) is 0.138. The quantitative estimate of drug-likeness (QED) is 0.413. The van der Waals surface area contributed by atoms with E-state index in [2.05, 4.69) is 11.1 Å². The number of hydrogen-bond acceptors (Lipinski definition) is 6. The van der Waals surface area contributed by atoms with Gasteiger partial charge in [0, 0.05) is 27.7 Å². The number of hydrogen-bond donors (Lipinski definition) is 2. The highest BCUT2D eigenvalue weighted by Crippen LogP contribution is 2.56. The maximum absolute atomic E-state index is 14.4. The summed E-state index contributed by atoms with van der Waals surface area (Å²) in [6.45, 7) is 3.59. The van der Waals surface area contributed by atoms with Gasteiger partial charge in [0.05, 0.1) is 12.2 Å². The van der Waals surface area contributed by atoms with Crippen molar-refractivity contribution in [2.45, 2.75) is 19.3 Å². The zero-order valence-corrected chi connectivity index (χ0v) is 19.6. The summed E-state index contributed by atoms with van der Waals surface area (Å²) in [5.41, 5.74) is 7.61. The molecule has 4 aromatic rings. The van der Waals surface area contributed by atoms with E-state index in [4.69, 9.17) is 15.2 Å². The third kappa shape index (κ3) is 2.56. The molecule has 36 heavy (non-hydrogen) atoms. The predicted octanol–water partition coefficient (Wildman–Crippen LogP) is 4.76. The number of aromatic nitrogens is 1. The Labute approximate surface area is 206 Å². The summed E-state index contributed by atoms with van der Waals surface area (Å²) >= 11 is 0. The molecule has 0 saturated carbocycles. The standard InChI is InChI=1S/C29H21N3O4/c1-3-35-28(34)24-27(31)36-25(22-15(2)32-21-13-5-4-10-17(21)22)20(14-30)29(24)19-12-7-9-16-8-6-11-18(23(16)19)26(29)33/h4-13,32H,3,31H2,1-2H3/t29-/m1/s1. The maximum Gasteiger partial charge on any atom is 0.341 e. The van der Waals surface area contributed by atoms with Gasteiger partial charge < -0.3 is 20.2 Å². The Morgan fingerprint density at radius 2 is 1.89 bits per heavy atom. The molecule has 0 radical (unpaired) electrons. The molecule has 1 spiro atoms. The second-order valence-corrected chi connectivity index (χ2v) is 8.84. The minimum atomic E-state index is -1.80. The van der Waals surface area contributed by atoms with Crippen molar-refractivity contribution in [1.82, 2.24) is 4.98 Å². The lowest BCUT2D eigenvalue weighted by molar-refractivity contribution is -0.139. The normalized spacial score (nSPS) is 18.8. The van der Waals surface area contributed by atoms with Crippen molar-refractivity contribution in [2.75, 3.05) is 6.61 Å². The van der Waals surface area contributed by atoms with Crippen LogP contribution in [0, 0.1) is 18.3 Å². The number of Topliss-reactive ketones (excluding diaryl/α,β-unsaturated/α-hetero) is 1. The van der Waals surface area contributed by atoms with E-state index in [1.54, 1.807) is 25.1 Å². The second-order valence-electron chi connectivity index (χ2n) is 8.84. The van der Waals surface area contributed by atoms with Crippen LogP contribution < -0.4 is 5.73 Å². The number of rotatable bonds is 3. The number of nitrogens with two attached hydrogens (primary N) is 1. The van der Waals surface area contributed by atoms with Gasteiger partial charge in [0.1, 0.15) is 17.1 Å². The molecule has 0 fully saturated rings. The monoisotopic (exact) mass is 475 g/mol. The van der Waals surface area contributed by atoms with Crippen molar-refractivity contribution < 1.29 is 19.1 Å². The first-order valence-corrected chi connectivity index (χ1v) is 11.6. The number of carbonyl (C=O) groups excluding carboxylic acids is 2. The van der Waals surface area contributed by atoms with Crippen LogP contribution in [0.5, 0.6) is 0 Å². The van der Waals surface area contributed by atoms with Crippen LogP contribution in [0.2, 0.25) is 0 Å². The summed E-state index contributed by atoms with van der Waals surface area (Å²) in [5, 5.41) is 13.0. The van der Waals surface area contributed by atoms with Crippen LogP contribution in [-0.4, -0.2) is 23.3 Å². The van der Waals surface area contributed by atoms with E-state index in [0.29, 0.717) is 22.1 Å². The summed E-state index contributed by atoms with van der Waals surface area (Å²) in [7, 11) is 0. The van der Waals surface area contributed by atoms with Crippen LogP contribution in [0.3, 0.4) is 0 Å². The van der Waals surface area contributed by atoms with E-state index in [-0.39, 0.29) is 29.4 Å². The van der Waals surface area contributed by atoms with E-state index in [9.17, 15) is 14.9 Å². The molecule has 0 unspecified atom stereocenters. The topological polar surface area (TPSA) is 118 Å². The molecule has 3 aromatic carbocycles. The van der Waals surface area contributed by atoms with Crippen LogP contribution in [0.25, 0.3) is 27.4 Å². The second kappa shape index (κ2) is 7.59. The average Bonchev–Trinajstić information content (AvgIpc) is 3.33. The molecule has 6 rings (SSSR count). The van der Waals surface area contributed by atoms with Crippen molar-refractivity contribution in [3.8, 4) is 6.07 Å². The first-order chi connectivity index (χ1) is 17.4. The van der Waals surface area contributed by atoms with Gasteiger partial charge in [0.2, 0.25) is 5.88 Å². The van der Waals surface area contributed by atoms with Gasteiger partial charge in [-0.1, -0.05) is 54.6 Å². The fourth-order valence-electron chi connectivity index (χ4n) is 5.69. The Morgan fingerprint density at radius 1 is 1.14 bits per heavy atom. The SMILES string of the molecule is CCOC(=O)C1=C(N)OC(c2c(C)[nH]c3ccccc23)=C(C#N)[C@@]12C(=O)c1cccc3cccc2c13. The molecule has 0 saturated heterocycles. The summed E-state index contributed by atoms with van der Waals surface area (Å²) < 4.78 is 11.4. The lowest BCUT2D eigenvalue weighted by atomic mass is 9.66. The van der Waals surface area contributed by atoms with E-state index < -0.39 is 17.2 Å². The average molecular weight is 476 g/mol. The first kappa shape index (κ1) is 21.7. The number of carbonyl (C=O) groups is 2. The Hall–Kier alpha value is -4.83. The van der Waals surface area contributed by atoms with E-state index in [0.717, 1.165) is 22.0 Å². The van der Waals surface area contributed by atoms with Gasteiger partial charge in [-0.05, 0) is 36.2 Å². The number of aryl methyl sites for hydroxylation is 1. The number of benzene rings is 3. The number of nitrogens with zero attached hydrogens (tertiary/aromatic N) is 1. The molecule has 1 atom stereocenters. The van der Waals surface area contributed by atoms with Crippen molar-refractivity contribution in [2.24, 2.45) is 5.73 Å². The number of esters is 1. The van der Waals surface area contributed by atoms with Crippen molar-refractivity contribution in [3.05, 3.63) is 100 Å². The Bertz CT molecular complexity index is 1750. The number of nitriles is 1. The van der Waals surface area contributed by atoms with Crippen molar-refractivity contribution >= 4 is 39.2 Å². The highest BCUT2D eigenvalue weighted by Gasteiger charge is 2.60. The van der Waals surface area contributed by atoms with E-state index in [1.807, 2.05) is 49.4 Å². The Balaban J connectivity index is 1.78. The van der Waals surface area contributed by atoms with Gasteiger partial charge in [0.15, 0.2) is 11.5 Å². The molecule has 2 heterocycles.